The largest absolute Gasteiger partial charge is 0.459 e. The Bertz CT molecular complexity index is 1840. The van der Waals surface area contributed by atoms with Gasteiger partial charge in [0.15, 0.2) is 0 Å². The molecule has 0 saturated carbocycles. The summed E-state index contributed by atoms with van der Waals surface area (Å²) < 4.78 is 34.2. The van der Waals surface area contributed by atoms with Crippen molar-refractivity contribution in [3.05, 3.63) is 132 Å². The molecule has 5 rings (SSSR count). The van der Waals surface area contributed by atoms with Gasteiger partial charge in [0.25, 0.3) is 0 Å². The highest BCUT2D eigenvalue weighted by Crippen LogP contribution is 2.24. The Hall–Kier alpha value is -5.06. The highest BCUT2D eigenvalue weighted by Gasteiger charge is 2.26. The number of hydrogen-bond donors (Lipinski definition) is 2. The van der Waals surface area contributed by atoms with Crippen molar-refractivity contribution in [2.75, 3.05) is 5.32 Å². The lowest BCUT2D eigenvalue weighted by Crippen LogP contribution is -2.32. The van der Waals surface area contributed by atoms with Crippen molar-refractivity contribution in [1.82, 2.24) is 9.73 Å². The summed E-state index contributed by atoms with van der Waals surface area (Å²) in [7, 11) is -3.84. The SMILES string of the molecule is Cc1ccc(S(=O)(=O)N(Cc2ccccc2)Cc2ccc(/C=N/NC(=O)C(=O)Nc3cccc4ccccc34)o2)cc1. The smallest absolute Gasteiger partial charge is 0.329 e. The number of amides is 2. The standard InChI is InChI=1S/C32H28N4O5S/c1-23-14-18-28(19-15-23)42(39,40)36(21-24-8-3-2-4-9-24)22-27-17-16-26(41-27)20-33-35-32(38)31(37)34-30-13-7-11-25-10-5-6-12-29(25)30/h2-20H,21-22H2,1H3,(H,34,37)(H,35,38)/b33-20+. The molecular formula is C32H28N4O5S. The second-order valence-corrected chi connectivity index (χ2v) is 11.5. The van der Waals surface area contributed by atoms with Crippen LogP contribution in [-0.4, -0.2) is 30.8 Å². The molecule has 5 aromatic rings. The fourth-order valence-electron chi connectivity index (χ4n) is 4.31. The van der Waals surface area contributed by atoms with E-state index in [4.69, 9.17) is 4.42 Å². The van der Waals surface area contributed by atoms with Gasteiger partial charge in [0.1, 0.15) is 11.5 Å². The number of furan rings is 1. The molecule has 0 aliphatic rings. The molecule has 212 valence electrons. The number of rotatable bonds is 9. The first-order valence-electron chi connectivity index (χ1n) is 13.1. The number of anilines is 1. The van der Waals surface area contributed by atoms with Crippen molar-refractivity contribution in [2.45, 2.75) is 24.9 Å². The molecule has 42 heavy (non-hydrogen) atoms. The van der Waals surface area contributed by atoms with Gasteiger partial charge in [-0.1, -0.05) is 84.4 Å². The lowest BCUT2D eigenvalue weighted by Gasteiger charge is -2.21. The number of fused-ring (bicyclic) bond motifs is 1. The van der Waals surface area contributed by atoms with Gasteiger partial charge >= 0.3 is 11.8 Å². The number of nitrogens with one attached hydrogen (secondary N) is 2. The van der Waals surface area contributed by atoms with Crippen LogP contribution in [0.3, 0.4) is 0 Å². The molecule has 0 atom stereocenters. The summed E-state index contributed by atoms with van der Waals surface area (Å²) in [5.41, 5.74) is 4.47. The van der Waals surface area contributed by atoms with Gasteiger partial charge in [0.2, 0.25) is 10.0 Å². The van der Waals surface area contributed by atoms with Crippen LogP contribution in [0.2, 0.25) is 0 Å². The molecule has 0 bridgehead atoms. The number of sulfonamides is 1. The van der Waals surface area contributed by atoms with E-state index >= 15 is 0 Å². The third-order valence-electron chi connectivity index (χ3n) is 6.48. The first-order chi connectivity index (χ1) is 20.3. The monoisotopic (exact) mass is 580 g/mol. The van der Waals surface area contributed by atoms with Gasteiger partial charge in [-0.05, 0) is 48.2 Å². The Morgan fingerprint density at radius 3 is 2.31 bits per heavy atom. The van der Waals surface area contributed by atoms with Crippen molar-refractivity contribution in [3.63, 3.8) is 0 Å². The summed E-state index contributed by atoms with van der Waals surface area (Å²) in [5.74, 6) is -1.18. The molecule has 0 radical (unpaired) electrons. The Morgan fingerprint density at radius 1 is 0.810 bits per heavy atom. The minimum absolute atomic E-state index is 0.0290. The molecule has 9 nitrogen and oxygen atoms in total. The fraction of sp³-hybridized carbons (Fsp3) is 0.0938. The molecule has 0 spiro atoms. The Kier molecular flexibility index (Phi) is 8.56. The lowest BCUT2D eigenvalue weighted by molar-refractivity contribution is -0.136. The van der Waals surface area contributed by atoms with Crippen LogP contribution >= 0.6 is 0 Å². The third-order valence-corrected chi connectivity index (χ3v) is 8.28. The van der Waals surface area contributed by atoms with Crippen LogP contribution in [0.4, 0.5) is 5.69 Å². The van der Waals surface area contributed by atoms with Crippen LogP contribution < -0.4 is 10.7 Å². The number of carbonyl (C=O) groups is 2. The number of benzene rings is 4. The van der Waals surface area contributed by atoms with Gasteiger partial charge in [-0.15, -0.1) is 0 Å². The maximum absolute atomic E-state index is 13.5. The van der Waals surface area contributed by atoms with Crippen molar-refractivity contribution in [3.8, 4) is 0 Å². The van der Waals surface area contributed by atoms with Crippen LogP contribution in [0.1, 0.15) is 22.6 Å². The van der Waals surface area contributed by atoms with Crippen LogP contribution in [0.25, 0.3) is 10.8 Å². The molecular weight excluding hydrogens is 552 g/mol. The van der Waals surface area contributed by atoms with Crippen molar-refractivity contribution >= 4 is 44.5 Å². The second kappa shape index (κ2) is 12.6. The first kappa shape index (κ1) is 28.5. The van der Waals surface area contributed by atoms with E-state index in [1.165, 1.54) is 10.5 Å². The van der Waals surface area contributed by atoms with Crippen LogP contribution in [0, 0.1) is 6.92 Å². The summed E-state index contributed by atoms with van der Waals surface area (Å²) in [6, 6.07) is 32.1. The quantitative estimate of drug-likeness (QED) is 0.141. The Labute approximate surface area is 243 Å². The zero-order chi connectivity index (χ0) is 29.5. The molecule has 1 heterocycles. The number of carbonyl (C=O) groups excluding carboxylic acids is 2. The van der Waals surface area contributed by atoms with E-state index in [2.05, 4.69) is 15.8 Å². The zero-order valence-corrected chi connectivity index (χ0v) is 23.5. The predicted octanol–water partition coefficient (Wildman–Crippen LogP) is 5.22. The average molecular weight is 581 g/mol. The van der Waals surface area contributed by atoms with E-state index in [-0.39, 0.29) is 23.7 Å². The average Bonchev–Trinajstić information content (AvgIpc) is 3.45. The van der Waals surface area contributed by atoms with Crippen molar-refractivity contribution in [1.29, 1.82) is 0 Å². The lowest BCUT2D eigenvalue weighted by atomic mass is 10.1. The van der Waals surface area contributed by atoms with Gasteiger partial charge in [-0.2, -0.15) is 9.41 Å². The predicted molar refractivity (Wildman–Crippen MR) is 161 cm³/mol. The van der Waals surface area contributed by atoms with Gasteiger partial charge in [0, 0.05) is 17.6 Å². The summed E-state index contributed by atoms with van der Waals surface area (Å²) in [5, 5.41) is 8.15. The van der Waals surface area contributed by atoms with Gasteiger partial charge in [0.05, 0.1) is 17.7 Å². The van der Waals surface area contributed by atoms with Crippen LogP contribution in [0.5, 0.6) is 0 Å². The number of hydrazone groups is 1. The maximum atomic E-state index is 13.5. The molecule has 10 heteroatoms. The third kappa shape index (κ3) is 6.80. The summed E-state index contributed by atoms with van der Waals surface area (Å²) in [6.45, 7) is 2.01. The highest BCUT2D eigenvalue weighted by atomic mass is 32.2. The maximum Gasteiger partial charge on any atom is 0.329 e. The van der Waals surface area contributed by atoms with Gasteiger partial charge in [-0.3, -0.25) is 9.59 Å². The number of nitrogens with zero attached hydrogens (tertiary/aromatic N) is 2. The zero-order valence-electron chi connectivity index (χ0n) is 22.7. The van der Waals surface area contributed by atoms with E-state index < -0.39 is 21.8 Å². The molecule has 2 N–H and O–H groups in total. The highest BCUT2D eigenvalue weighted by molar-refractivity contribution is 7.89. The minimum atomic E-state index is -3.84. The molecule has 0 fully saturated rings. The van der Waals surface area contributed by atoms with E-state index in [1.807, 2.05) is 67.6 Å². The fourth-order valence-corrected chi connectivity index (χ4v) is 5.71. The Morgan fingerprint density at radius 2 is 1.52 bits per heavy atom. The van der Waals surface area contributed by atoms with E-state index in [0.29, 0.717) is 11.4 Å². The van der Waals surface area contributed by atoms with Gasteiger partial charge < -0.3 is 9.73 Å². The summed E-state index contributed by atoms with van der Waals surface area (Å²) >= 11 is 0. The summed E-state index contributed by atoms with van der Waals surface area (Å²) in [6.07, 6.45) is 1.24. The minimum Gasteiger partial charge on any atom is -0.459 e. The molecule has 0 aliphatic carbocycles. The van der Waals surface area contributed by atoms with Crippen molar-refractivity contribution < 1.29 is 22.4 Å². The number of hydrogen-bond acceptors (Lipinski definition) is 6. The van der Waals surface area contributed by atoms with E-state index in [9.17, 15) is 18.0 Å². The molecule has 0 aliphatic heterocycles. The van der Waals surface area contributed by atoms with Gasteiger partial charge in [-0.25, -0.2) is 13.8 Å². The van der Waals surface area contributed by atoms with E-state index in [0.717, 1.165) is 21.9 Å². The molecule has 0 saturated heterocycles. The Balaban J connectivity index is 1.25. The molecule has 1 aromatic heterocycles. The molecule has 2 amide bonds. The number of aryl methyl sites for hydroxylation is 1. The van der Waals surface area contributed by atoms with Crippen LogP contribution in [0.15, 0.2) is 124 Å². The van der Waals surface area contributed by atoms with Crippen LogP contribution in [-0.2, 0) is 32.7 Å². The topological polar surface area (TPSA) is 121 Å². The first-order valence-corrected chi connectivity index (χ1v) is 14.6. The van der Waals surface area contributed by atoms with Crippen molar-refractivity contribution in [2.24, 2.45) is 5.10 Å². The molecule has 0 unspecified atom stereocenters. The summed E-state index contributed by atoms with van der Waals surface area (Å²) in [4.78, 5) is 24.9. The molecule has 4 aromatic carbocycles. The van der Waals surface area contributed by atoms with E-state index in [1.54, 1.807) is 48.5 Å². The normalized spacial score (nSPS) is 11.7. The second-order valence-electron chi connectivity index (χ2n) is 9.56.